The Kier molecular flexibility index (Phi) is 2.68. The van der Waals surface area contributed by atoms with Crippen molar-refractivity contribution in [2.24, 2.45) is 0 Å². The van der Waals surface area contributed by atoms with E-state index in [1.165, 1.54) is 0 Å². The third-order valence-corrected chi connectivity index (χ3v) is 2.90. The van der Waals surface area contributed by atoms with Gasteiger partial charge in [0.15, 0.2) is 5.82 Å². The Morgan fingerprint density at radius 2 is 1.87 bits per heavy atom. The van der Waals surface area contributed by atoms with Crippen LogP contribution in [0.1, 0.15) is 0 Å². The molecule has 0 fully saturated rings. The summed E-state index contributed by atoms with van der Waals surface area (Å²) >= 11 is 1.08. The second-order valence-electron chi connectivity index (χ2n) is 3.38. The molecule has 0 atom stereocenters. The highest BCUT2D eigenvalue weighted by molar-refractivity contribution is 7.13. The Bertz CT molecular complexity index is 451. The van der Waals surface area contributed by atoms with E-state index in [0.717, 1.165) is 21.9 Å². The Labute approximate surface area is 92.0 Å². The lowest BCUT2D eigenvalue weighted by Crippen LogP contribution is -2.10. The van der Waals surface area contributed by atoms with E-state index in [1.54, 1.807) is 19.0 Å². The van der Waals surface area contributed by atoms with Crippen molar-refractivity contribution in [1.82, 2.24) is 4.98 Å². The topological polar surface area (TPSA) is 16.1 Å². The van der Waals surface area contributed by atoms with Crippen molar-refractivity contribution in [3.05, 3.63) is 35.5 Å². The zero-order valence-electron chi connectivity index (χ0n) is 8.57. The number of aromatic nitrogens is 1. The van der Waals surface area contributed by atoms with Gasteiger partial charge in [0.1, 0.15) is 5.01 Å². The Morgan fingerprint density at radius 3 is 2.40 bits per heavy atom. The zero-order chi connectivity index (χ0) is 10.8. The van der Waals surface area contributed by atoms with Gasteiger partial charge in [0.2, 0.25) is 5.13 Å². The van der Waals surface area contributed by atoms with E-state index in [4.69, 9.17) is 0 Å². The normalized spacial score (nSPS) is 10.3. The highest BCUT2D eigenvalue weighted by Gasteiger charge is 2.13. The lowest BCUT2D eigenvalue weighted by molar-refractivity contribution is 0.651. The van der Waals surface area contributed by atoms with Gasteiger partial charge in [-0.3, -0.25) is 0 Å². The van der Waals surface area contributed by atoms with Crippen LogP contribution < -0.4 is 4.90 Å². The largest absolute Gasteiger partial charge is 0.360 e. The van der Waals surface area contributed by atoms with E-state index in [9.17, 15) is 4.39 Å². The van der Waals surface area contributed by atoms with Gasteiger partial charge in [0.25, 0.3) is 0 Å². The molecular weight excluding hydrogens is 211 g/mol. The Hall–Kier alpha value is -1.42. The predicted octanol–water partition coefficient (Wildman–Crippen LogP) is 3.02. The molecule has 0 amide bonds. The first-order valence-corrected chi connectivity index (χ1v) is 5.39. The SMILES string of the molecule is CN(C)c1nc(-c2ccccc2)sc1F. The van der Waals surface area contributed by atoms with Crippen LogP contribution in [0.2, 0.25) is 0 Å². The monoisotopic (exact) mass is 222 g/mol. The van der Waals surface area contributed by atoms with Gasteiger partial charge >= 0.3 is 0 Å². The fraction of sp³-hybridized carbons (Fsp3) is 0.182. The molecule has 0 aliphatic rings. The van der Waals surface area contributed by atoms with Gasteiger partial charge in [-0.25, -0.2) is 4.98 Å². The first-order chi connectivity index (χ1) is 7.18. The molecule has 1 heterocycles. The standard InChI is InChI=1S/C11H11FN2S/c1-14(2)10-9(12)15-11(13-10)8-6-4-3-5-7-8/h3-7H,1-2H3. The zero-order valence-corrected chi connectivity index (χ0v) is 9.38. The minimum absolute atomic E-state index is 0.237. The van der Waals surface area contributed by atoms with E-state index in [1.807, 2.05) is 30.3 Å². The van der Waals surface area contributed by atoms with Crippen molar-refractivity contribution in [1.29, 1.82) is 0 Å². The van der Waals surface area contributed by atoms with Gasteiger partial charge in [0.05, 0.1) is 0 Å². The summed E-state index contributed by atoms with van der Waals surface area (Å²) in [7, 11) is 3.57. The van der Waals surface area contributed by atoms with E-state index in [2.05, 4.69) is 4.98 Å². The van der Waals surface area contributed by atoms with E-state index in [-0.39, 0.29) is 5.13 Å². The molecule has 2 aromatic rings. The van der Waals surface area contributed by atoms with Gasteiger partial charge < -0.3 is 4.90 Å². The molecule has 78 valence electrons. The van der Waals surface area contributed by atoms with Crippen molar-refractivity contribution in [3.63, 3.8) is 0 Å². The molecule has 2 nitrogen and oxygen atoms in total. The molecule has 0 saturated carbocycles. The Balaban J connectivity index is 2.43. The quantitative estimate of drug-likeness (QED) is 0.776. The number of benzene rings is 1. The van der Waals surface area contributed by atoms with Crippen molar-refractivity contribution in [3.8, 4) is 10.6 Å². The molecule has 15 heavy (non-hydrogen) atoms. The lowest BCUT2D eigenvalue weighted by Gasteiger charge is -2.06. The summed E-state index contributed by atoms with van der Waals surface area (Å²) in [6.07, 6.45) is 0. The maximum Gasteiger partial charge on any atom is 0.221 e. The first kappa shape index (κ1) is 10.1. The molecular formula is C11H11FN2S. The van der Waals surface area contributed by atoms with Gasteiger partial charge in [0, 0.05) is 19.7 Å². The summed E-state index contributed by atoms with van der Waals surface area (Å²) in [5.74, 6) is 0.402. The fourth-order valence-electron chi connectivity index (χ4n) is 1.27. The number of rotatable bonds is 2. The highest BCUT2D eigenvalue weighted by Crippen LogP contribution is 2.30. The molecule has 0 spiro atoms. The average molecular weight is 222 g/mol. The second kappa shape index (κ2) is 3.98. The predicted molar refractivity (Wildman–Crippen MR) is 61.8 cm³/mol. The maximum absolute atomic E-state index is 13.5. The minimum Gasteiger partial charge on any atom is -0.360 e. The summed E-state index contributed by atoms with van der Waals surface area (Å²) in [6.45, 7) is 0. The number of thiazole rings is 1. The van der Waals surface area contributed by atoms with Crippen LogP contribution in [0.15, 0.2) is 30.3 Å². The van der Waals surface area contributed by atoms with Crippen LogP contribution in [-0.2, 0) is 0 Å². The number of halogens is 1. The fourth-order valence-corrected chi connectivity index (χ4v) is 2.15. The molecule has 1 aromatic heterocycles. The summed E-state index contributed by atoms with van der Waals surface area (Å²) < 4.78 is 13.5. The molecule has 0 bridgehead atoms. The number of anilines is 1. The van der Waals surface area contributed by atoms with Gasteiger partial charge in [-0.15, -0.1) is 0 Å². The second-order valence-corrected chi connectivity index (χ2v) is 4.33. The van der Waals surface area contributed by atoms with Gasteiger partial charge in [-0.1, -0.05) is 41.7 Å². The van der Waals surface area contributed by atoms with Crippen LogP contribution >= 0.6 is 11.3 Å². The van der Waals surface area contributed by atoms with Crippen LogP contribution in [0.3, 0.4) is 0 Å². The van der Waals surface area contributed by atoms with Crippen molar-refractivity contribution in [2.45, 2.75) is 0 Å². The van der Waals surface area contributed by atoms with Crippen molar-refractivity contribution >= 4 is 17.2 Å². The van der Waals surface area contributed by atoms with Crippen LogP contribution in [-0.4, -0.2) is 19.1 Å². The third kappa shape index (κ3) is 1.99. The summed E-state index contributed by atoms with van der Waals surface area (Å²) in [5, 5.41) is 0.482. The van der Waals surface area contributed by atoms with Gasteiger partial charge in [-0.2, -0.15) is 4.39 Å². The van der Waals surface area contributed by atoms with Crippen molar-refractivity contribution in [2.75, 3.05) is 19.0 Å². The van der Waals surface area contributed by atoms with E-state index >= 15 is 0 Å². The Morgan fingerprint density at radius 1 is 1.20 bits per heavy atom. The van der Waals surface area contributed by atoms with Crippen LogP contribution in [0, 0.1) is 5.13 Å². The summed E-state index contributed by atoms with van der Waals surface area (Å²) in [5.41, 5.74) is 0.953. The van der Waals surface area contributed by atoms with Crippen LogP contribution in [0.25, 0.3) is 10.6 Å². The molecule has 0 N–H and O–H groups in total. The van der Waals surface area contributed by atoms with Crippen molar-refractivity contribution < 1.29 is 4.39 Å². The minimum atomic E-state index is -0.237. The first-order valence-electron chi connectivity index (χ1n) is 4.57. The van der Waals surface area contributed by atoms with Gasteiger partial charge in [-0.05, 0) is 0 Å². The van der Waals surface area contributed by atoms with E-state index in [0.29, 0.717) is 5.82 Å². The van der Waals surface area contributed by atoms with Crippen LogP contribution in [0.4, 0.5) is 10.2 Å². The summed E-state index contributed by atoms with van der Waals surface area (Å²) in [4.78, 5) is 5.93. The smallest absolute Gasteiger partial charge is 0.221 e. The maximum atomic E-state index is 13.5. The van der Waals surface area contributed by atoms with E-state index < -0.39 is 0 Å². The average Bonchev–Trinajstić information content (AvgIpc) is 2.62. The number of hydrogen-bond acceptors (Lipinski definition) is 3. The molecule has 0 unspecified atom stereocenters. The third-order valence-electron chi connectivity index (χ3n) is 2.01. The molecule has 2 rings (SSSR count). The molecule has 4 heteroatoms. The molecule has 0 aliphatic heterocycles. The molecule has 0 aliphatic carbocycles. The number of nitrogens with zero attached hydrogens (tertiary/aromatic N) is 2. The molecule has 0 radical (unpaired) electrons. The molecule has 0 saturated heterocycles. The number of hydrogen-bond donors (Lipinski definition) is 0. The molecule has 1 aromatic carbocycles. The highest BCUT2D eigenvalue weighted by atomic mass is 32.1. The summed E-state index contributed by atoms with van der Waals surface area (Å²) in [6, 6.07) is 9.63. The van der Waals surface area contributed by atoms with Crippen LogP contribution in [0.5, 0.6) is 0 Å². The lowest BCUT2D eigenvalue weighted by atomic mass is 10.2.